The minimum Gasteiger partial charge on any atom is -0.465 e. The van der Waals surface area contributed by atoms with Gasteiger partial charge in [-0.05, 0) is 37.8 Å². The first kappa shape index (κ1) is 15.4. The van der Waals surface area contributed by atoms with E-state index in [1.165, 1.54) is 44.8 Å². The molecule has 1 aliphatic carbocycles. The van der Waals surface area contributed by atoms with E-state index in [0.717, 1.165) is 11.1 Å². The van der Waals surface area contributed by atoms with Gasteiger partial charge in [0.1, 0.15) is 17.1 Å². The van der Waals surface area contributed by atoms with Crippen LogP contribution < -0.4 is 0 Å². The molecule has 4 heteroatoms. The Balaban J connectivity index is 2.21. The number of rotatable bonds is 4. The van der Waals surface area contributed by atoms with Gasteiger partial charge < -0.3 is 9.15 Å². The summed E-state index contributed by atoms with van der Waals surface area (Å²) in [5, 5.41) is 0.852. The molecular formula is C16H21BrO3. The maximum atomic E-state index is 11.6. The Bertz CT molecular complexity index is 496. The van der Waals surface area contributed by atoms with E-state index < -0.39 is 0 Å². The molecular weight excluding hydrogens is 320 g/mol. The van der Waals surface area contributed by atoms with Gasteiger partial charge in [0.05, 0.1) is 7.11 Å². The molecule has 0 unspecified atom stereocenters. The molecule has 2 rings (SSSR count). The summed E-state index contributed by atoms with van der Waals surface area (Å²) in [6, 6.07) is 1.77. The summed E-state index contributed by atoms with van der Waals surface area (Å²) in [4.78, 5) is 11.6. The molecule has 0 aromatic carbocycles. The topological polar surface area (TPSA) is 39.4 Å². The smallest absolute Gasteiger partial charge is 0.341 e. The standard InChI is InChI=1S/C16H21BrO3/c1-11-15(16(18)19-2)9-14(20-11)8-13(10-17)12-6-4-3-5-7-12/h8-9,12H,3-7,10H2,1-2H3/b13-8-. The summed E-state index contributed by atoms with van der Waals surface area (Å²) in [7, 11) is 1.39. The van der Waals surface area contributed by atoms with Crippen molar-refractivity contribution in [1.82, 2.24) is 0 Å². The Morgan fingerprint density at radius 3 is 2.75 bits per heavy atom. The number of halogens is 1. The van der Waals surface area contributed by atoms with E-state index in [1.54, 1.807) is 13.0 Å². The van der Waals surface area contributed by atoms with Crippen LogP contribution in [0.15, 0.2) is 16.1 Å². The van der Waals surface area contributed by atoms with Crippen molar-refractivity contribution in [3.8, 4) is 0 Å². The number of hydrogen-bond acceptors (Lipinski definition) is 3. The molecule has 1 aromatic rings. The minimum absolute atomic E-state index is 0.344. The van der Waals surface area contributed by atoms with Crippen LogP contribution in [-0.4, -0.2) is 18.4 Å². The lowest BCUT2D eigenvalue weighted by Gasteiger charge is -2.23. The van der Waals surface area contributed by atoms with Gasteiger partial charge in [-0.25, -0.2) is 4.79 Å². The van der Waals surface area contributed by atoms with Gasteiger partial charge in [-0.15, -0.1) is 0 Å². The van der Waals surface area contributed by atoms with E-state index in [-0.39, 0.29) is 5.97 Å². The predicted octanol–water partition coefficient (Wildman–Crippen LogP) is 4.73. The third kappa shape index (κ3) is 3.54. The maximum absolute atomic E-state index is 11.6. The van der Waals surface area contributed by atoms with Crippen LogP contribution in [0.3, 0.4) is 0 Å². The highest BCUT2D eigenvalue weighted by atomic mass is 79.9. The number of allylic oxidation sites excluding steroid dienone is 1. The first-order chi connectivity index (χ1) is 9.65. The summed E-state index contributed by atoms with van der Waals surface area (Å²) < 4.78 is 10.4. The number of hydrogen-bond donors (Lipinski definition) is 0. The van der Waals surface area contributed by atoms with Crippen LogP contribution in [-0.2, 0) is 4.74 Å². The van der Waals surface area contributed by atoms with E-state index in [2.05, 4.69) is 22.0 Å². The average molecular weight is 341 g/mol. The van der Waals surface area contributed by atoms with Gasteiger partial charge in [0, 0.05) is 5.33 Å². The Kier molecular flexibility index (Phi) is 5.46. The molecule has 1 aromatic heterocycles. The molecule has 0 spiro atoms. The normalized spacial score (nSPS) is 17.2. The number of ether oxygens (including phenoxy) is 1. The van der Waals surface area contributed by atoms with E-state index in [1.807, 2.05) is 0 Å². The lowest BCUT2D eigenvalue weighted by atomic mass is 9.84. The highest BCUT2D eigenvalue weighted by Crippen LogP contribution is 2.32. The first-order valence-electron chi connectivity index (χ1n) is 7.11. The van der Waals surface area contributed by atoms with Crippen molar-refractivity contribution in [2.45, 2.75) is 39.0 Å². The lowest BCUT2D eigenvalue weighted by Crippen LogP contribution is -2.09. The molecule has 0 bridgehead atoms. The first-order valence-corrected chi connectivity index (χ1v) is 8.23. The molecule has 20 heavy (non-hydrogen) atoms. The minimum atomic E-state index is -0.344. The van der Waals surface area contributed by atoms with Crippen molar-refractivity contribution in [2.24, 2.45) is 5.92 Å². The zero-order valence-electron chi connectivity index (χ0n) is 12.1. The number of carbonyl (C=O) groups excluding carboxylic acids is 1. The zero-order chi connectivity index (χ0) is 14.5. The van der Waals surface area contributed by atoms with Crippen LogP contribution in [0.2, 0.25) is 0 Å². The molecule has 0 aliphatic heterocycles. The zero-order valence-corrected chi connectivity index (χ0v) is 13.7. The SMILES string of the molecule is COC(=O)c1cc(/C=C(/CBr)C2CCCCC2)oc1C. The van der Waals surface area contributed by atoms with Crippen molar-refractivity contribution in [2.75, 3.05) is 12.4 Å². The fraction of sp³-hybridized carbons (Fsp3) is 0.562. The largest absolute Gasteiger partial charge is 0.465 e. The second kappa shape index (κ2) is 7.11. The fourth-order valence-corrected chi connectivity index (χ4v) is 3.43. The molecule has 1 heterocycles. The fourth-order valence-electron chi connectivity index (χ4n) is 2.81. The Hall–Kier alpha value is -1.03. The van der Waals surface area contributed by atoms with Crippen LogP contribution in [0.25, 0.3) is 6.08 Å². The van der Waals surface area contributed by atoms with Gasteiger partial charge in [0.15, 0.2) is 0 Å². The third-order valence-corrected chi connectivity index (χ3v) is 4.60. The molecule has 0 amide bonds. The number of furan rings is 1. The van der Waals surface area contributed by atoms with Crippen molar-refractivity contribution < 1.29 is 13.9 Å². The Morgan fingerprint density at radius 2 is 2.15 bits per heavy atom. The van der Waals surface area contributed by atoms with Crippen LogP contribution in [0.1, 0.15) is 54.0 Å². The van der Waals surface area contributed by atoms with E-state index in [0.29, 0.717) is 17.2 Å². The molecule has 0 atom stereocenters. The number of esters is 1. The summed E-state index contributed by atoms with van der Waals surface area (Å²) in [6.45, 7) is 1.79. The molecule has 0 radical (unpaired) electrons. The van der Waals surface area contributed by atoms with E-state index in [9.17, 15) is 4.79 Å². The van der Waals surface area contributed by atoms with Crippen molar-refractivity contribution in [1.29, 1.82) is 0 Å². The van der Waals surface area contributed by atoms with Crippen LogP contribution >= 0.6 is 15.9 Å². The second-order valence-corrected chi connectivity index (χ2v) is 5.86. The van der Waals surface area contributed by atoms with E-state index in [4.69, 9.17) is 9.15 Å². The quantitative estimate of drug-likeness (QED) is 0.587. The number of methoxy groups -OCH3 is 1. The summed E-state index contributed by atoms with van der Waals surface area (Å²) in [6.07, 6.45) is 8.53. The summed E-state index contributed by atoms with van der Waals surface area (Å²) in [5.41, 5.74) is 1.87. The van der Waals surface area contributed by atoms with Gasteiger partial charge in [-0.1, -0.05) is 40.8 Å². The lowest BCUT2D eigenvalue weighted by molar-refractivity contribution is 0.0599. The Morgan fingerprint density at radius 1 is 1.45 bits per heavy atom. The molecule has 1 fully saturated rings. The molecule has 0 N–H and O–H groups in total. The van der Waals surface area contributed by atoms with Gasteiger partial charge in [0.25, 0.3) is 0 Å². The van der Waals surface area contributed by atoms with Crippen molar-refractivity contribution in [3.05, 3.63) is 28.7 Å². The second-order valence-electron chi connectivity index (χ2n) is 5.30. The average Bonchev–Trinajstić information content (AvgIpc) is 2.85. The third-order valence-electron chi connectivity index (χ3n) is 3.95. The van der Waals surface area contributed by atoms with Crippen LogP contribution in [0.5, 0.6) is 0 Å². The molecule has 110 valence electrons. The number of aryl methyl sites for hydroxylation is 1. The molecule has 1 aliphatic rings. The van der Waals surface area contributed by atoms with Crippen molar-refractivity contribution >= 4 is 28.0 Å². The monoisotopic (exact) mass is 340 g/mol. The molecule has 1 saturated carbocycles. The van der Waals surface area contributed by atoms with Gasteiger partial charge >= 0.3 is 5.97 Å². The highest BCUT2D eigenvalue weighted by molar-refractivity contribution is 9.09. The maximum Gasteiger partial charge on any atom is 0.341 e. The number of alkyl halides is 1. The summed E-state index contributed by atoms with van der Waals surface area (Å²) in [5.74, 6) is 1.64. The van der Waals surface area contributed by atoms with Gasteiger partial charge in [-0.2, -0.15) is 0 Å². The molecule has 3 nitrogen and oxygen atoms in total. The van der Waals surface area contributed by atoms with Crippen molar-refractivity contribution in [3.63, 3.8) is 0 Å². The van der Waals surface area contributed by atoms with Crippen LogP contribution in [0, 0.1) is 12.8 Å². The Labute approximate surface area is 128 Å². The van der Waals surface area contributed by atoms with Gasteiger partial charge in [0.2, 0.25) is 0 Å². The predicted molar refractivity (Wildman–Crippen MR) is 83.1 cm³/mol. The number of carbonyl (C=O) groups is 1. The highest BCUT2D eigenvalue weighted by Gasteiger charge is 2.19. The molecule has 0 saturated heterocycles. The van der Waals surface area contributed by atoms with Gasteiger partial charge in [-0.3, -0.25) is 0 Å². The summed E-state index contributed by atoms with van der Waals surface area (Å²) >= 11 is 3.58. The van der Waals surface area contributed by atoms with E-state index >= 15 is 0 Å². The van der Waals surface area contributed by atoms with Crippen LogP contribution in [0.4, 0.5) is 0 Å².